The van der Waals surface area contributed by atoms with Crippen molar-refractivity contribution in [1.29, 1.82) is 0 Å². The van der Waals surface area contributed by atoms with Crippen LogP contribution in [0.5, 0.6) is 0 Å². The molecule has 1 aromatic heterocycles. The molecule has 0 saturated carbocycles. The predicted molar refractivity (Wildman–Crippen MR) is 65.2 cm³/mol. The highest BCUT2D eigenvalue weighted by molar-refractivity contribution is 9.10. The monoisotopic (exact) mass is 286 g/mol. The first-order valence-electron chi connectivity index (χ1n) is 5.09. The summed E-state index contributed by atoms with van der Waals surface area (Å²) < 4.78 is 0.695. The van der Waals surface area contributed by atoms with Crippen LogP contribution in [0.3, 0.4) is 0 Å². The largest absolute Gasteiger partial charge is 0.393 e. The van der Waals surface area contributed by atoms with Crippen LogP contribution in [0.25, 0.3) is 0 Å². The van der Waals surface area contributed by atoms with Crippen molar-refractivity contribution in [2.45, 2.75) is 32.4 Å². The summed E-state index contributed by atoms with van der Waals surface area (Å²) in [5, 5.41) is 12.0. The lowest BCUT2D eigenvalue weighted by molar-refractivity contribution is 0.0922. The summed E-state index contributed by atoms with van der Waals surface area (Å²) in [6.07, 6.45) is 1.63. The van der Waals surface area contributed by atoms with E-state index < -0.39 is 6.10 Å². The molecule has 0 aliphatic heterocycles. The molecule has 4 nitrogen and oxygen atoms in total. The van der Waals surface area contributed by atoms with E-state index in [1.807, 2.05) is 6.92 Å². The van der Waals surface area contributed by atoms with Gasteiger partial charge in [-0.3, -0.25) is 4.79 Å². The third-order valence-corrected chi connectivity index (χ3v) is 2.53. The first kappa shape index (κ1) is 13.1. The minimum atomic E-state index is -0.418. The van der Waals surface area contributed by atoms with Crippen molar-refractivity contribution in [3.63, 3.8) is 0 Å². The van der Waals surface area contributed by atoms with E-state index in [0.29, 0.717) is 16.6 Å². The summed E-state index contributed by atoms with van der Waals surface area (Å²) in [7, 11) is 0. The number of pyridine rings is 1. The lowest BCUT2D eigenvalue weighted by atomic mass is 10.1. The van der Waals surface area contributed by atoms with E-state index in [-0.39, 0.29) is 11.9 Å². The summed E-state index contributed by atoms with van der Waals surface area (Å²) in [6.45, 7) is 3.56. The number of hydrogen-bond acceptors (Lipinski definition) is 3. The maximum Gasteiger partial charge on any atom is 0.253 e. The van der Waals surface area contributed by atoms with Crippen LogP contribution >= 0.6 is 15.9 Å². The maximum absolute atomic E-state index is 11.7. The summed E-state index contributed by atoms with van der Waals surface area (Å²) in [4.78, 5) is 15.7. The van der Waals surface area contributed by atoms with Gasteiger partial charge in [0.25, 0.3) is 5.91 Å². The zero-order valence-electron chi connectivity index (χ0n) is 9.27. The van der Waals surface area contributed by atoms with Crippen molar-refractivity contribution in [3.05, 3.63) is 28.5 Å². The molecule has 1 heterocycles. The first-order chi connectivity index (χ1) is 7.49. The second-order valence-electron chi connectivity index (χ2n) is 3.83. The number of carbonyl (C=O) groups excluding carboxylic acids is 1. The molecule has 0 saturated heterocycles. The highest BCUT2D eigenvalue weighted by atomic mass is 79.9. The Bertz CT molecular complexity index is 352. The van der Waals surface area contributed by atoms with E-state index in [9.17, 15) is 9.90 Å². The molecule has 88 valence electrons. The van der Waals surface area contributed by atoms with Crippen LogP contribution in [0.15, 0.2) is 22.9 Å². The molecule has 16 heavy (non-hydrogen) atoms. The Morgan fingerprint density at radius 2 is 2.25 bits per heavy atom. The molecule has 2 unspecified atom stereocenters. The molecule has 1 aromatic rings. The van der Waals surface area contributed by atoms with E-state index >= 15 is 0 Å². The second kappa shape index (κ2) is 5.96. The molecule has 1 amide bonds. The van der Waals surface area contributed by atoms with Gasteiger partial charge in [-0.1, -0.05) is 0 Å². The number of nitrogens with one attached hydrogen (secondary N) is 1. The van der Waals surface area contributed by atoms with E-state index in [1.54, 1.807) is 19.1 Å². The molecular formula is C11H15BrN2O2. The molecule has 5 heteroatoms. The quantitative estimate of drug-likeness (QED) is 0.829. The number of rotatable bonds is 4. The summed E-state index contributed by atoms with van der Waals surface area (Å²) >= 11 is 3.20. The number of aliphatic hydroxyl groups excluding tert-OH is 1. The molecule has 0 fully saturated rings. The van der Waals surface area contributed by atoms with Crippen molar-refractivity contribution >= 4 is 21.8 Å². The average Bonchev–Trinajstić information content (AvgIpc) is 2.16. The van der Waals surface area contributed by atoms with Gasteiger partial charge in [0, 0.05) is 12.2 Å². The molecule has 0 bridgehead atoms. The highest BCUT2D eigenvalue weighted by Gasteiger charge is 2.11. The van der Waals surface area contributed by atoms with Gasteiger partial charge in [-0.25, -0.2) is 4.98 Å². The highest BCUT2D eigenvalue weighted by Crippen LogP contribution is 2.07. The molecule has 0 aliphatic rings. The fraction of sp³-hybridized carbons (Fsp3) is 0.455. The lowest BCUT2D eigenvalue weighted by Gasteiger charge is -2.15. The molecule has 1 rings (SSSR count). The van der Waals surface area contributed by atoms with Crippen molar-refractivity contribution in [2.75, 3.05) is 0 Å². The Balaban J connectivity index is 2.55. The Kier molecular flexibility index (Phi) is 4.89. The van der Waals surface area contributed by atoms with Crippen LogP contribution in [0.1, 0.15) is 30.6 Å². The maximum atomic E-state index is 11.7. The van der Waals surface area contributed by atoms with Gasteiger partial charge < -0.3 is 10.4 Å². The Hall–Kier alpha value is -0.940. The number of aliphatic hydroxyl groups is 1. The molecular weight excluding hydrogens is 272 g/mol. The van der Waals surface area contributed by atoms with Crippen molar-refractivity contribution in [2.24, 2.45) is 0 Å². The molecule has 0 aliphatic carbocycles. The van der Waals surface area contributed by atoms with Gasteiger partial charge in [-0.15, -0.1) is 0 Å². The average molecular weight is 287 g/mol. The lowest BCUT2D eigenvalue weighted by Crippen LogP contribution is -2.34. The molecule has 0 radical (unpaired) electrons. The SMILES string of the molecule is CC(O)CC(C)NC(=O)c1ccc(Br)nc1. The van der Waals surface area contributed by atoms with Crippen LogP contribution in [0.4, 0.5) is 0 Å². The number of aromatic nitrogens is 1. The van der Waals surface area contributed by atoms with Crippen molar-refractivity contribution in [1.82, 2.24) is 10.3 Å². The van der Waals surface area contributed by atoms with Crippen LogP contribution in [0, 0.1) is 0 Å². The van der Waals surface area contributed by atoms with E-state index in [0.717, 1.165) is 0 Å². The third kappa shape index (κ3) is 4.28. The van der Waals surface area contributed by atoms with Gasteiger partial charge in [0.05, 0.1) is 11.7 Å². The number of amides is 1. The fourth-order valence-corrected chi connectivity index (χ4v) is 1.62. The van der Waals surface area contributed by atoms with E-state index in [2.05, 4.69) is 26.2 Å². The standard InChI is InChI=1S/C11H15BrN2O2/c1-7(5-8(2)15)14-11(16)9-3-4-10(12)13-6-9/h3-4,6-8,15H,5H2,1-2H3,(H,14,16). The van der Waals surface area contributed by atoms with Crippen LogP contribution in [-0.4, -0.2) is 28.1 Å². The molecule has 2 atom stereocenters. The summed E-state index contributed by atoms with van der Waals surface area (Å²) in [5.41, 5.74) is 0.514. The van der Waals surface area contributed by atoms with Crippen LogP contribution in [-0.2, 0) is 0 Å². The molecule has 0 spiro atoms. The zero-order valence-corrected chi connectivity index (χ0v) is 10.9. The Morgan fingerprint density at radius 3 is 2.75 bits per heavy atom. The predicted octanol–water partition coefficient (Wildman–Crippen LogP) is 1.73. The van der Waals surface area contributed by atoms with E-state index in [4.69, 9.17) is 0 Å². The van der Waals surface area contributed by atoms with Crippen LogP contribution < -0.4 is 5.32 Å². The summed E-state index contributed by atoms with van der Waals surface area (Å²) in [6, 6.07) is 3.35. The second-order valence-corrected chi connectivity index (χ2v) is 4.64. The minimum absolute atomic E-state index is 0.0591. The number of hydrogen-bond donors (Lipinski definition) is 2. The van der Waals surface area contributed by atoms with Gasteiger partial charge in [-0.05, 0) is 48.3 Å². The smallest absolute Gasteiger partial charge is 0.253 e. The van der Waals surface area contributed by atoms with Gasteiger partial charge in [0.2, 0.25) is 0 Å². The van der Waals surface area contributed by atoms with Gasteiger partial charge in [-0.2, -0.15) is 0 Å². The Labute approximate surface area is 103 Å². The van der Waals surface area contributed by atoms with E-state index in [1.165, 1.54) is 6.20 Å². The molecule has 2 N–H and O–H groups in total. The first-order valence-corrected chi connectivity index (χ1v) is 5.89. The normalized spacial score (nSPS) is 14.2. The molecule has 0 aromatic carbocycles. The minimum Gasteiger partial charge on any atom is -0.393 e. The number of carbonyl (C=O) groups is 1. The third-order valence-electron chi connectivity index (χ3n) is 2.06. The zero-order chi connectivity index (χ0) is 12.1. The van der Waals surface area contributed by atoms with Crippen molar-refractivity contribution < 1.29 is 9.90 Å². The Morgan fingerprint density at radius 1 is 1.56 bits per heavy atom. The van der Waals surface area contributed by atoms with Gasteiger partial charge >= 0.3 is 0 Å². The fourth-order valence-electron chi connectivity index (χ4n) is 1.39. The topological polar surface area (TPSA) is 62.2 Å². The van der Waals surface area contributed by atoms with Crippen LogP contribution in [0.2, 0.25) is 0 Å². The van der Waals surface area contributed by atoms with Gasteiger partial charge in [0.15, 0.2) is 0 Å². The summed E-state index contributed by atoms with van der Waals surface area (Å²) in [5.74, 6) is -0.173. The number of halogens is 1. The number of nitrogens with zero attached hydrogens (tertiary/aromatic N) is 1. The van der Waals surface area contributed by atoms with Crippen molar-refractivity contribution in [3.8, 4) is 0 Å². The van der Waals surface area contributed by atoms with Gasteiger partial charge in [0.1, 0.15) is 4.60 Å².